The molecule has 0 unspecified atom stereocenters. The van der Waals surface area contributed by atoms with Gasteiger partial charge >= 0.3 is 0 Å². The van der Waals surface area contributed by atoms with Gasteiger partial charge in [-0.1, -0.05) is 34.1 Å². The van der Waals surface area contributed by atoms with Crippen LogP contribution in [-0.4, -0.2) is 24.9 Å². The van der Waals surface area contributed by atoms with Crippen LogP contribution in [0.5, 0.6) is 0 Å². The average molecular weight is 285 g/mol. The molecule has 1 aliphatic heterocycles. The van der Waals surface area contributed by atoms with Crippen molar-refractivity contribution in [3.05, 3.63) is 34.3 Å². The molecule has 1 fully saturated rings. The van der Waals surface area contributed by atoms with Crippen LogP contribution in [0.15, 0.2) is 28.7 Å². The van der Waals surface area contributed by atoms with E-state index in [2.05, 4.69) is 28.1 Å². The summed E-state index contributed by atoms with van der Waals surface area (Å²) >= 11 is 3.56. The van der Waals surface area contributed by atoms with E-state index in [9.17, 15) is 5.11 Å². The summed E-state index contributed by atoms with van der Waals surface area (Å²) < 4.78 is 6.51. The van der Waals surface area contributed by atoms with E-state index in [1.807, 2.05) is 12.1 Å². The zero-order valence-electron chi connectivity index (χ0n) is 9.29. The summed E-state index contributed by atoms with van der Waals surface area (Å²) in [4.78, 5) is 0. The van der Waals surface area contributed by atoms with Crippen molar-refractivity contribution < 1.29 is 9.84 Å². The van der Waals surface area contributed by atoms with Gasteiger partial charge in [0, 0.05) is 29.7 Å². The minimum atomic E-state index is 0.0160. The number of benzene rings is 1. The Kier molecular flexibility index (Phi) is 4.00. The lowest BCUT2D eigenvalue weighted by Gasteiger charge is -2.35. The maximum atomic E-state index is 9.62. The van der Waals surface area contributed by atoms with E-state index in [4.69, 9.17) is 4.74 Å². The third-order valence-electron chi connectivity index (χ3n) is 3.41. The smallest absolute Gasteiger partial charge is 0.0492 e. The van der Waals surface area contributed by atoms with Gasteiger partial charge in [-0.15, -0.1) is 0 Å². The second-order valence-corrected chi connectivity index (χ2v) is 5.39. The average Bonchev–Trinajstić information content (AvgIpc) is 2.33. The number of ether oxygens (including phenoxy) is 1. The fourth-order valence-electron chi connectivity index (χ4n) is 2.24. The molecule has 1 aromatic rings. The molecule has 3 heteroatoms. The van der Waals surface area contributed by atoms with E-state index in [1.54, 1.807) is 0 Å². The quantitative estimate of drug-likeness (QED) is 0.925. The fourth-order valence-corrected chi connectivity index (χ4v) is 2.67. The first kappa shape index (κ1) is 12.1. The van der Waals surface area contributed by atoms with Crippen LogP contribution in [0.1, 0.15) is 18.4 Å². The second kappa shape index (κ2) is 5.30. The van der Waals surface area contributed by atoms with Gasteiger partial charge in [-0.2, -0.15) is 0 Å². The second-order valence-electron chi connectivity index (χ2n) is 4.54. The molecule has 1 heterocycles. The van der Waals surface area contributed by atoms with Crippen LogP contribution in [0.2, 0.25) is 0 Å². The van der Waals surface area contributed by atoms with Crippen molar-refractivity contribution >= 4 is 15.9 Å². The number of rotatable bonds is 3. The first-order valence-corrected chi connectivity index (χ1v) is 6.47. The van der Waals surface area contributed by atoms with Gasteiger partial charge < -0.3 is 9.84 Å². The lowest BCUT2D eigenvalue weighted by atomic mass is 9.76. The van der Waals surface area contributed by atoms with E-state index < -0.39 is 0 Å². The van der Waals surface area contributed by atoms with E-state index in [-0.39, 0.29) is 12.0 Å². The van der Waals surface area contributed by atoms with Crippen LogP contribution < -0.4 is 0 Å². The Morgan fingerprint density at radius 3 is 2.56 bits per heavy atom. The lowest BCUT2D eigenvalue weighted by Crippen LogP contribution is -2.35. The van der Waals surface area contributed by atoms with Crippen molar-refractivity contribution in [3.8, 4) is 0 Å². The molecule has 0 aromatic heterocycles. The van der Waals surface area contributed by atoms with E-state index >= 15 is 0 Å². The number of aliphatic hydroxyl groups is 1. The number of halogens is 1. The highest BCUT2D eigenvalue weighted by Crippen LogP contribution is 2.35. The Morgan fingerprint density at radius 2 is 1.94 bits per heavy atom. The van der Waals surface area contributed by atoms with Gasteiger partial charge in [0.15, 0.2) is 0 Å². The lowest BCUT2D eigenvalue weighted by molar-refractivity contribution is -0.0158. The van der Waals surface area contributed by atoms with Gasteiger partial charge in [0.25, 0.3) is 0 Å². The fraction of sp³-hybridized carbons (Fsp3) is 0.538. The molecule has 0 saturated carbocycles. The highest BCUT2D eigenvalue weighted by Gasteiger charge is 2.32. The van der Waals surface area contributed by atoms with E-state index in [0.29, 0.717) is 0 Å². The first-order chi connectivity index (χ1) is 7.76. The summed E-state index contributed by atoms with van der Waals surface area (Å²) in [5.74, 6) is 0. The van der Waals surface area contributed by atoms with Crippen LogP contribution >= 0.6 is 15.9 Å². The number of hydrogen-bond donors (Lipinski definition) is 1. The van der Waals surface area contributed by atoms with Crippen LogP contribution in [0, 0.1) is 5.41 Å². The molecule has 1 aliphatic rings. The highest BCUT2D eigenvalue weighted by atomic mass is 79.9. The van der Waals surface area contributed by atoms with Crippen molar-refractivity contribution in [3.63, 3.8) is 0 Å². The largest absolute Gasteiger partial charge is 0.396 e. The Labute approximate surface area is 105 Å². The summed E-state index contributed by atoms with van der Waals surface area (Å²) in [5, 5.41) is 9.62. The van der Waals surface area contributed by atoms with E-state index in [1.165, 1.54) is 5.56 Å². The van der Waals surface area contributed by atoms with Crippen molar-refractivity contribution in [2.75, 3.05) is 19.8 Å². The summed E-state index contributed by atoms with van der Waals surface area (Å²) in [6, 6.07) is 8.24. The third kappa shape index (κ3) is 2.65. The van der Waals surface area contributed by atoms with Gasteiger partial charge in [0.2, 0.25) is 0 Å². The Bertz CT molecular complexity index is 346. The molecule has 1 aromatic carbocycles. The van der Waals surface area contributed by atoms with E-state index in [0.717, 1.165) is 36.9 Å². The molecule has 16 heavy (non-hydrogen) atoms. The SMILES string of the molecule is OCC1(Cc2ccccc2Br)CCOCC1. The molecule has 1 saturated heterocycles. The monoisotopic (exact) mass is 284 g/mol. The topological polar surface area (TPSA) is 29.5 Å². The Balaban J connectivity index is 2.15. The van der Waals surface area contributed by atoms with Crippen molar-refractivity contribution in [1.82, 2.24) is 0 Å². The highest BCUT2D eigenvalue weighted by molar-refractivity contribution is 9.10. The van der Waals surface area contributed by atoms with Gasteiger partial charge in [0.05, 0.1) is 0 Å². The molecule has 1 N–H and O–H groups in total. The molecular weight excluding hydrogens is 268 g/mol. The molecule has 0 atom stereocenters. The van der Waals surface area contributed by atoms with Gasteiger partial charge in [0.1, 0.15) is 0 Å². The minimum absolute atomic E-state index is 0.0160. The minimum Gasteiger partial charge on any atom is -0.396 e. The van der Waals surface area contributed by atoms with Crippen LogP contribution in [0.25, 0.3) is 0 Å². The predicted molar refractivity (Wildman–Crippen MR) is 67.4 cm³/mol. The zero-order chi connectivity index (χ0) is 11.4. The maximum Gasteiger partial charge on any atom is 0.0492 e. The summed E-state index contributed by atoms with van der Waals surface area (Å²) in [6.07, 6.45) is 2.82. The molecule has 0 amide bonds. The molecule has 0 radical (unpaired) electrons. The van der Waals surface area contributed by atoms with Gasteiger partial charge in [-0.05, 0) is 30.9 Å². The van der Waals surface area contributed by atoms with Crippen molar-refractivity contribution in [1.29, 1.82) is 0 Å². The molecular formula is C13H17BrO2. The molecule has 0 spiro atoms. The standard InChI is InChI=1S/C13H17BrO2/c14-12-4-2-1-3-11(12)9-13(10-15)5-7-16-8-6-13/h1-4,15H,5-10H2. The van der Waals surface area contributed by atoms with Crippen LogP contribution in [0.4, 0.5) is 0 Å². The summed E-state index contributed by atoms with van der Waals surface area (Å²) in [7, 11) is 0. The molecule has 2 rings (SSSR count). The zero-order valence-corrected chi connectivity index (χ0v) is 10.9. The summed E-state index contributed by atoms with van der Waals surface area (Å²) in [5.41, 5.74) is 1.29. The molecule has 2 nitrogen and oxygen atoms in total. The van der Waals surface area contributed by atoms with Crippen molar-refractivity contribution in [2.45, 2.75) is 19.3 Å². The van der Waals surface area contributed by atoms with Gasteiger partial charge in [-0.25, -0.2) is 0 Å². The van der Waals surface area contributed by atoms with Gasteiger partial charge in [-0.3, -0.25) is 0 Å². The maximum absolute atomic E-state index is 9.62. The number of hydrogen-bond acceptors (Lipinski definition) is 2. The Morgan fingerprint density at radius 1 is 1.25 bits per heavy atom. The molecule has 88 valence electrons. The molecule has 0 aliphatic carbocycles. The Hall–Kier alpha value is -0.380. The molecule has 0 bridgehead atoms. The normalized spacial score (nSPS) is 19.6. The van der Waals surface area contributed by atoms with Crippen LogP contribution in [-0.2, 0) is 11.2 Å². The third-order valence-corrected chi connectivity index (χ3v) is 4.19. The summed E-state index contributed by atoms with van der Waals surface area (Å²) in [6.45, 7) is 1.79. The predicted octanol–water partition coefficient (Wildman–Crippen LogP) is 2.78. The first-order valence-electron chi connectivity index (χ1n) is 5.68. The van der Waals surface area contributed by atoms with Crippen molar-refractivity contribution in [2.24, 2.45) is 5.41 Å². The number of aliphatic hydroxyl groups excluding tert-OH is 1. The van der Waals surface area contributed by atoms with Crippen LogP contribution in [0.3, 0.4) is 0 Å².